The third-order valence-corrected chi connectivity index (χ3v) is 3.20. The van der Waals surface area contributed by atoms with Crippen LogP contribution in [-0.4, -0.2) is 20.0 Å². The van der Waals surface area contributed by atoms with Gasteiger partial charge in [-0.3, -0.25) is 0 Å². The van der Waals surface area contributed by atoms with E-state index >= 15 is 0 Å². The molecule has 2 aromatic rings. The van der Waals surface area contributed by atoms with Crippen molar-refractivity contribution >= 4 is 15.7 Å². The van der Waals surface area contributed by atoms with Crippen LogP contribution in [-0.2, 0) is 16.6 Å². The van der Waals surface area contributed by atoms with Gasteiger partial charge in [0.05, 0.1) is 18.8 Å². The van der Waals surface area contributed by atoms with Gasteiger partial charge in [0, 0.05) is 6.20 Å². The highest BCUT2D eigenvalue weighted by atomic mass is 32.2. The van der Waals surface area contributed by atoms with Crippen molar-refractivity contribution in [2.75, 3.05) is 11.9 Å². The Labute approximate surface area is 116 Å². The molecule has 0 aliphatic heterocycles. The molecule has 0 radical (unpaired) electrons. The van der Waals surface area contributed by atoms with E-state index in [-0.39, 0.29) is 5.09 Å². The fourth-order valence-corrected chi connectivity index (χ4v) is 2.05. The van der Waals surface area contributed by atoms with Crippen molar-refractivity contribution in [2.24, 2.45) is 5.14 Å². The first-order valence-corrected chi connectivity index (χ1v) is 7.48. The second-order valence-corrected chi connectivity index (χ2v) is 5.40. The normalized spacial score (nSPS) is 11.3. The predicted molar refractivity (Wildman–Crippen MR) is 72.8 cm³/mol. The quantitative estimate of drug-likeness (QED) is 0.833. The fraction of sp³-hybridized carbons (Fsp3) is 0.250. The summed E-state index contributed by atoms with van der Waals surface area (Å²) in [5.41, 5.74) is 0.697. The van der Waals surface area contributed by atoms with Gasteiger partial charge < -0.3 is 14.5 Å². The first-order chi connectivity index (χ1) is 9.50. The molecule has 0 fully saturated rings. The maximum atomic E-state index is 11.1. The van der Waals surface area contributed by atoms with Gasteiger partial charge in [0.2, 0.25) is 11.0 Å². The van der Waals surface area contributed by atoms with Gasteiger partial charge in [-0.15, -0.1) is 0 Å². The second-order valence-electron chi connectivity index (χ2n) is 3.91. The van der Waals surface area contributed by atoms with E-state index in [1.54, 1.807) is 18.3 Å². The zero-order valence-corrected chi connectivity index (χ0v) is 11.7. The zero-order chi connectivity index (χ0) is 14.6. The molecule has 2 heterocycles. The molecule has 0 amide bonds. The number of hydrogen-bond donors (Lipinski definition) is 2. The predicted octanol–water partition coefficient (Wildman–Crippen LogP) is 1.33. The molecule has 0 aliphatic rings. The van der Waals surface area contributed by atoms with Gasteiger partial charge in [-0.2, -0.15) is 0 Å². The molecule has 0 atom stereocenters. The monoisotopic (exact) mass is 297 g/mol. The van der Waals surface area contributed by atoms with E-state index in [2.05, 4.69) is 10.3 Å². The maximum Gasteiger partial charge on any atom is 0.271 e. The van der Waals surface area contributed by atoms with Crippen LogP contribution in [0.4, 0.5) is 5.69 Å². The summed E-state index contributed by atoms with van der Waals surface area (Å²) in [6.07, 6.45) is 1.63. The summed E-state index contributed by atoms with van der Waals surface area (Å²) in [4.78, 5) is 4.09. The third-order valence-electron chi connectivity index (χ3n) is 2.42. The van der Waals surface area contributed by atoms with E-state index in [4.69, 9.17) is 14.3 Å². The first kappa shape index (κ1) is 14.4. The van der Waals surface area contributed by atoms with Crippen LogP contribution in [0.3, 0.4) is 0 Å². The average Bonchev–Trinajstić information content (AvgIpc) is 2.87. The lowest BCUT2D eigenvalue weighted by Crippen LogP contribution is -2.10. The Bertz CT molecular complexity index is 682. The summed E-state index contributed by atoms with van der Waals surface area (Å²) < 4.78 is 32.7. The number of pyridine rings is 1. The molecule has 108 valence electrons. The summed E-state index contributed by atoms with van der Waals surface area (Å²) in [6.45, 7) is 2.66. The van der Waals surface area contributed by atoms with Gasteiger partial charge in [0.1, 0.15) is 5.76 Å². The zero-order valence-electron chi connectivity index (χ0n) is 10.9. The number of hydrogen-bond acceptors (Lipinski definition) is 6. The molecule has 0 saturated carbocycles. The number of ether oxygens (including phenoxy) is 1. The van der Waals surface area contributed by atoms with Gasteiger partial charge in [-0.25, -0.2) is 18.5 Å². The minimum Gasteiger partial charge on any atom is -0.476 e. The lowest BCUT2D eigenvalue weighted by Gasteiger charge is -2.09. The molecule has 0 saturated heterocycles. The lowest BCUT2D eigenvalue weighted by molar-refractivity contribution is 0.328. The van der Waals surface area contributed by atoms with Crippen molar-refractivity contribution < 1.29 is 17.6 Å². The number of aromatic nitrogens is 1. The number of rotatable bonds is 6. The smallest absolute Gasteiger partial charge is 0.271 e. The van der Waals surface area contributed by atoms with Gasteiger partial charge in [-0.1, -0.05) is 0 Å². The molecule has 3 N–H and O–H groups in total. The minimum absolute atomic E-state index is 0.259. The van der Waals surface area contributed by atoms with Crippen molar-refractivity contribution in [1.82, 2.24) is 4.98 Å². The Balaban J connectivity index is 2.07. The Kier molecular flexibility index (Phi) is 4.26. The molecule has 2 rings (SSSR count). The molecule has 0 bridgehead atoms. The Morgan fingerprint density at radius 2 is 2.20 bits per heavy atom. The van der Waals surface area contributed by atoms with Crippen molar-refractivity contribution in [3.63, 3.8) is 0 Å². The van der Waals surface area contributed by atoms with Crippen LogP contribution in [0.2, 0.25) is 0 Å². The van der Waals surface area contributed by atoms with Gasteiger partial charge in [0.25, 0.3) is 10.0 Å². The summed E-state index contributed by atoms with van der Waals surface area (Å²) in [6, 6.07) is 6.44. The maximum absolute atomic E-state index is 11.1. The second kappa shape index (κ2) is 5.93. The van der Waals surface area contributed by atoms with Gasteiger partial charge >= 0.3 is 0 Å². The van der Waals surface area contributed by atoms with E-state index < -0.39 is 10.0 Å². The van der Waals surface area contributed by atoms with Crippen LogP contribution >= 0.6 is 0 Å². The molecule has 7 nitrogen and oxygen atoms in total. The van der Waals surface area contributed by atoms with E-state index in [1.807, 2.05) is 13.0 Å². The molecule has 0 spiro atoms. The summed E-state index contributed by atoms with van der Waals surface area (Å²) in [7, 11) is -3.81. The number of nitrogens with zero attached hydrogens (tertiary/aromatic N) is 1. The molecule has 20 heavy (non-hydrogen) atoms. The van der Waals surface area contributed by atoms with E-state index in [1.165, 1.54) is 6.07 Å². The standard InChI is InChI=1S/C12H15N3O4S/c1-2-18-12-10(4-3-7-14-12)15-8-9-5-6-11(19-9)20(13,16)17/h3-7,15H,2,8H2,1H3,(H2,13,16,17). The number of anilines is 1. The van der Waals surface area contributed by atoms with Crippen LogP contribution in [0.15, 0.2) is 40.0 Å². The highest BCUT2D eigenvalue weighted by molar-refractivity contribution is 7.89. The number of nitrogens with two attached hydrogens (primary N) is 1. The van der Waals surface area contributed by atoms with Crippen molar-refractivity contribution in [1.29, 1.82) is 0 Å². The summed E-state index contributed by atoms with van der Waals surface area (Å²) in [5, 5.41) is 7.77. The molecular weight excluding hydrogens is 282 g/mol. The molecule has 2 aromatic heterocycles. The number of furan rings is 1. The molecule has 0 aliphatic carbocycles. The number of nitrogens with one attached hydrogen (secondary N) is 1. The van der Waals surface area contributed by atoms with E-state index in [0.29, 0.717) is 30.5 Å². The SMILES string of the molecule is CCOc1ncccc1NCc1ccc(S(N)(=O)=O)o1. The average molecular weight is 297 g/mol. The van der Waals surface area contributed by atoms with Crippen molar-refractivity contribution in [3.8, 4) is 5.88 Å². The number of sulfonamides is 1. The highest BCUT2D eigenvalue weighted by Gasteiger charge is 2.13. The minimum atomic E-state index is -3.81. The third kappa shape index (κ3) is 3.49. The van der Waals surface area contributed by atoms with Crippen LogP contribution in [0.1, 0.15) is 12.7 Å². The number of primary sulfonamides is 1. The van der Waals surface area contributed by atoms with E-state index in [9.17, 15) is 8.42 Å². The lowest BCUT2D eigenvalue weighted by atomic mass is 10.3. The Morgan fingerprint density at radius 1 is 1.40 bits per heavy atom. The molecule has 8 heteroatoms. The largest absolute Gasteiger partial charge is 0.476 e. The van der Waals surface area contributed by atoms with Crippen molar-refractivity contribution in [2.45, 2.75) is 18.6 Å². The van der Waals surface area contributed by atoms with Crippen LogP contribution < -0.4 is 15.2 Å². The Morgan fingerprint density at radius 3 is 2.85 bits per heavy atom. The molecule has 0 aromatic carbocycles. The Hall–Kier alpha value is -2.06. The summed E-state index contributed by atoms with van der Waals surface area (Å²) >= 11 is 0. The molecule has 0 unspecified atom stereocenters. The van der Waals surface area contributed by atoms with Crippen molar-refractivity contribution in [3.05, 3.63) is 36.2 Å². The van der Waals surface area contributed by atoms with Crippen LogP contribution in [0.5, 0.6) is 5.88 Å². The molecular formula is C12H15N3O4S. The topological polar surface area (TPSA) is 107 Å². The fourth-order valence-electron chi connectivity index (χ4n) is 1.57. The highest BCUT2D eigenvalue weighted by Crippen LogP contribution is 2.22. The van der Waals surface area contributed by atoms with Crippen LogP contribution in [0, 0.1) is 0 Å². The van der Waals surface area contributed by atoms with Crippen LogP contribution in [0.25, 0.3) is 0 Å². The summed E-state index contributed by atoms with van der Waals surface area (Å²) in [5.74, 6) is 0.925. The van der Waals surface area contributed by atoms with E-state index in [0.717, 1.165) is 0 Å². The van der Waals surface area contributed by atoms with Gasteiger partial charge in [-0.05, 0) is 31.2 Å². The first-order valence-electron chi connectivity index (χ1n) is 5.94. The van der Waals surface area contributed by atoms with Gasteiger partial charge in [0.15, 0.2) is 0 Å².